The van der Waals surface area contributed by atoms with Crippen LogP contribution < -0.4 is 4.74 Å². The van der Waals surface area contributed by atoms with E-state index in [2.05, 4.69) is 6.92 Å². The number of ether oxygens (including phenoxy) is 1. The van der Waals surface area contributed by atoms with Gasteiger partial charge in [0.05, 0.1) is 6.61 Å². The molecule has 0 saturated heterocycles. The molecule has 0 N–H and O–H groups in total. The van der Waals surface area contributed by atoms with E-state index >= 15 is 0 Å². The van der Waals surface area contributed by atoms with Gasteiger partial charge in [0.1, 0.15) is 0 Å². The topological polar surface area (TPSA) is 9.23 Å². The second-order valence-corrected chi connectivity index (χ2v) is 8.29. The van der Waals surface area contributed by atoms with E-state index in [1.807, 2.05) is 0 Å². The number of hydrogen-bond donors (Lipinski definition) is 0. The van der Waals surface area contributed by atoms with E-state index in [9.17, 15) is 17.6 Å². The van der Waals surface area contributed by atoms with Crippen molar-refractivity contribution in [3.8, 4) is 16.9 Å². The molecule has 3 rings (SSSR count). The molecule has 1 nitrogen and oxygen atoms in total. The first-order chi connectivity index (χ1) is 14.5. The molecule has 0 spiro atoms. The Kier molecular flexibility index (Phi) is 7.79. The summed E-state index contributed by atoms with van der Waals surface area (Å²) in [7, 11) is 0. The molecule has 0 atom stereocenters. The fraction of sp³-hybridized carbons (Fsp3) is 0.520. The fourth-order valence-corrected chi connectivity index (χ4v) is 4.57. The van der Waals surface area contributed by atoms with Gasteiger partial charge in [0.25, 0.3) is 0 Å². The lowest BCUT2D eigenvalue weighted by atomic mass is 9.78. The Hall–Kier alpha value is -2.04. The SMILES string of the molecule is CCCC1CCC(CCc2ccc(-c3ccc(OCC)c(F)c3F)c(F)c2F)CC1. The highest BCUT2D eigenvalue weighted by atomic mass is 19.2. The Morgan fingerprint density at radius 3 is 1.90 bits per heavy atom. The minimum Gasteiger partial charge on any atom is -0.491 e. The zero-order valence-electron chi connectivity index (χ0n) is 17.7. The first kappa shape index (κ1) is 22.6. The number of halogens is 4. The summed E-state index contributed by atoms with van der Waals surface area (Å²) in [6.07, 6.45) is 8.48. The van der Waals surface area contributed by atoms with Gasteiger partial charge in [-0.3, -0.25) is 0 Å². The monoisotopic (exact) mass is 422 g/mol. The van der Waals surface area contributed by atoms with Crippen LogP contribution in [-0.4, -0.2) is 6.61 Å². The van der Waals surface area contributed by atoms with Gasteiger partial charge in [-0.25, -0.2) is 13.2 Å². The highest BCUT2D eigenvalue weighted by molar-refractivity contribution is 5.66. The molecule has 0 aliphatic heterocycles. The summed E-state index contributed by atoms with van der Waals surface area (Å²) in [6.45, 7) is 4.03. The molecule has 5 heteroatoms. The van der Waals surface area contributed by atoms with Crippen molar-refractivity contribution in [2.24, 2.45) is 11.8 Å². The van der Waals surface area contributed by atoms with Gasteiger partial charge in [-0.05, 0) is 49.3 Å². The van der Waals surface area contributed by atoms with Crippen LogP contribution in [-0.2, 0) is 6.42 Å². The average molecular weight is 423 g/mol. The van der Waals surface area contributed by atoms with Gasteiger partial charge in [0.15, 0.2) is 23.2 Å². The average Bonchev–Trinajstić information content (AvgIpc) is 2.75. The van der Waals surface area contributed by atoms with Crippen LogP contribution in [0.15, 0.2) is 24.3 Å². The van der Waals surface area contributed by atoms with Gasteiger partial charge >= 0.3 is 0 Å². The van der Waals surface area contributed by atoms with E-state index in [4.69, 9.17) is 4.74 Å². The Morgan fingerprint density at radius 1 is 0.733 bits per heavy atom. The Morgan fingerprint density at radius 2 is 1.30 bits per heavy atom. The Balaban J connectivity index is 1.71. The lowest BCUT2D eigenvalue weighted by Crippen LogP contribution is -2.15. The third kappa shape index (κ3) is 4.98. The Labute approximate surface area is 176 Å². The molecule has 0 aromatic heterocycles. The lowest BCUT2D eigenvalue weighted by Gasteiger charge is -2.28. The van der Waals surface area contributed by atoms with E-state index in [0.29, 0.717) is 17.9 Å². The van der Waals surface area contributed by atoms with Gasteiger partial charge in [0.2, 0.25) is 5.82 Å². The molecule has 1 fully saturated rings. The zero-order chi connectivity index (χ0) is 21.7. The summed E-state index contributed by atoms with van der Waals surface area (Å²) >= 11 is 0. The van der Waals surface area contributed by atoms with Crippen LogP contribution in [0, 0.1) is 35.1 Å². The van der Waals surface area contributed by atoms with Gasteiger partial charge in [0, 0.05) is 11.1 Å². The molecule has 0 unspecified atom stereocenters. The zero-order valence-corrected chi connectivity index (χ0v) is 17.7. The number of hydrogen-bond acceptors (Lipinski definition) is 1. The van der Waals surface area contributed by atoms with E-state index in [0.717, 1.165) is 25.2 Å². The Bertz CT molecular complexity index is 857. The molecule has 0 bridgehead atoms. The van der Waals surface area contributed by atoms with Gasteiger partial charge in [-0.2, -0.15) is 4.39 Å². The first-order valence-electron chi connectivity index (χ1n) is 11.0. The maximum Gasteiger partial charge on any atom is 0.201 e. The maximum atomic E-state index is 14.7. The van der Waals surface area contributed by atoms with Gasteiger partial charge in [-0.1, -0.05) is 57.6 Å². The summed E-state index contributed by atoms with van der Waals surface area (Å²) in [5.41, 5.74) is -0.303. The molecule has 2 aromatic rings. The van der Waals surface area contributed by atoms with Crippen molar-refractivity contribution in [1.29, 1.82) is 0 Å². The van der Waals surface area contributed by atoms with E-state index in [1.54, 1.807) is 6.92 Å². The quantitative estimate of drug-likeness (QED) is 0.394. The standard InChI is InChI=1S/C25H30F4O/c1-3-5-16-6-8-17(9-7-16)10-11-18-12-13-19(23(27)22(18)26)20-14-15-21(30-4-2)25(29)24(20)28/h12-17H,3-11H2,1-2H3. The summed E-state index contributed by atoms with van der Waals surface area (Å²) < 4.78 is 63.0. The maximum absolute atomic E-state index is 14.7. The largest absolute Gasteiger partial charge is 0.491 e. The molecule has 1 aliphatic rings. The predicted molar refractivity (Wildman–Crippen MR) is 112 cm³/mol. The highest BCUT2D eigenvalue weighted by Gasteiger charge is 2.23. The van der Waals surface area contributed by atoms with Crippen LogP contribution in [0.3, 0.4) is 0 Å². The van der Waals surface area contributed by atoms with Crippen molar-refractivity contribution < 1.29 is 22.3 Å². The molecule has 0 radical (unpaired) electrons. The summed E-state index contributed by atoms with van der Waals surface area (Å²) in [6, 6.07) is 5.28. The number of rotatable bonds is 8. The second-order valence-electron chi connectivity index (χ2n) is 8.29. The van der Waals surface area contributed by atoms with Gasteiger partial charge in [-0.15, -0.1) is 0 Å². The second kappa shape index (κ2) is 10.3. The molecule has 2 aromatic carbocycles. The molecule has 1 saturated carbocycles. The smallest absolute Gasteiger partial charge is 0.201 e. The van der Waals surface area contributed by atoms with Crippen LogP contribution >= 0.6 is 0 Å². The normalized spacial score (nSPS) is 19.1. The van der Waals surface area contributed by atoms with Crippen molar-refractivity contribution in [3.63, 3.8) is 0 Å². The van der Waals surface area contributed by atoms with Crippen LogP contribution in [0.25, 0.3) is 11.1 Å². The lowest BCUT2D eigenvalue weighted by molar-refractivity contribution is 0.251. The van der Waals surface area contributed by atoms with E-state index in [-0.39, 0.29) is 23.5 Å². The molecular formula is C25H30F4O. The molecule has 0 heterocycles. The number of aryl methyl sites for hydroxylation is 1. The third-order valence-corrected chi connectivity index (χ3v) is 6.28. The minimum absolute atomic E-state index is 0.174. The van der Waals surface area contributed by atoms with E-state index in [1.165, 1.54) is 49.9 Å². The van der Waals surface area contributed by atoms with Crippen molar-refractivity contribution in [1.82, 2.24) is 0 Å². The van der Waals surface area contributed by atoms with Crippen LogP contribution in [0.1, 0.15) is 64.4 Å². The molecule has 164 valence electrons. The summed E-state index contributed by atoms with van der Waals surface area (Å²) in [5.74, 6) is -3.44. The molecule has 1 aliphatic carbocycles. The molecule has 30 heavy (non-hydrogen) atoms. The van der Waals surface area contributed by atoms with Crippen molar-refractivity contribution in [3.05, 3.63) is 53.1 Å². The first-order valence-corrected chi connectivity index (χ1v) is 11.0. The predicted octanol–water partition coefficient (Wildman–Crippen LogP) is 7.85. The minimum atomic E-state index is -1.24. The molecule has 0 amide bonds. The van der Waals surface area contributed by atoms with Crippen LogP contribution in [0.2, 0.25) is 0 Å². The van der Waals surface area contributed by atoms with E-state index < -0.39 is 23.3 Å². The number of benzene rings is 2. The fourth-order valence-electron chi connectivity index (χ4n) is 4.57. The van der Waals surface area contributed by atoms with Crippen molar-refractivity contribution in [2.75, 3.05) is 6.61 Å². The summed E-state index contributed by atoms with van der Waals surface area (Å²) in [5, 5.41) is 0. The van der Waals surface area contributed by atoms with Crippen LogP contribution in [0.4, 0.5) is 17.6 Å². The summed E-state index contributed by atoms with van der Waals surface area (Å²) in [4.78, 5) is 0. The third-order valence-electron chi connectivity index (χ3n) is 6.28. The highest BCUT2D eigenvalue weighted by Crippen LogP contribution is 2.36. The van der Waals surface area contributed by atoms with Crippen molar-refractivity contribution >= 4 is 0 Å². The van der Waals surface area contributed by atoms with Crippen LogP contribution in [0.5, 0.6) is 5.75 Å². The van der Waals surface area contributed by atoms with Crippen molar-refractivity contribution in [2.45, 2.75) is 65.2 Å². The molecular weight excluding hydrogens is 392 g/mol. The van der Waals surface area contributed by atoms with Gasteiger partial charge < -0.3 is 4.74 Å².